The summed E-state index contributed by atoms with van der Waals surface area (Å²) in [5.74, 6) is -0.366. The van der Waals surface area contributed by atoms with Crippen LogP contribution in [0.4, 0.5) is 29.3 Å². The summed E-state index contributed by atoms with van der Waals surface area (Å²) in [6.07, 6.45) is -4.76. The van der Waals surface area contributed by atoms with E-state index in [0.29, 0.717) is 16.9 Å². The monoisotopic (exact) mass is 336 g/mol. The van der Waals surface area contributed by atoms with Crippen LogP contribution in [0.15, 0.2) is 48.5 Å². The Balaban J connectivity index is 1.84. The van der Waals surface area contributed by atoms with E-state index < -0.39 is 12.4 Å². The number of benzene rings is 2. The van der Waals surface area contributed by atoms with E-state index in [1.54, 1.807) is 24.3 Å². The van der Waals surface area contributed by atoms with Crippen molar-refractivity contribution in [2.75, 3.05) is 10.7 Å². The van der Waals surface area contributed by atoms with Gasteiger partial charge in [-0.15, -0.1) is 13.2 Å². The summed E-state index contributed by atoms with van der Waals surface area (Å²) < 4.78 is 39.8. The summed E-state index contributed by atoms with van der Waals surface area (Å²) in [6, 6.07) is 12.4. The van der Waals surface area contributed by atoms with Crippen molar-refractivity contribution in [1.29, 1.82) is 5.26 Å². The molecule has 0 saturated heterocycles. The molecule has 0 heterocycles. The van der Waals surface area contributed by atoms with Crippen molar-refractivity contribution >= 4 is 17.4 Å². The van der Waals surface area contributed by atoms with Crippen LogP contribution in [0.1, 0.15) is 5.56 Å². The zero-order valence-electron chi connectivity index (χ0n) is 12.0. The number of hydrazine groups is 1. The van der Waals surface area contributed by atoms with Gasteiger partial charge >= 0.3 is 12.4 Å². The average Bonchev–Trinajstić information content (AvgIpc) is 2.53. The highest BCUT2D eigenvalue weighted by Crippen LogP contribution is 2.23. The van der Waals surface area contributed by atoms with Crippen LogP contribution in [0.2, 0.25) is 0 Å². The lowest BCUT2D eigenvalue weighted by atomic mass is 10.2. The molecule has 2 aromatic carbocycles. The van der Waals surface area contributed by atoms with Crippen LogP contribution >= 0.6 is 0 Å². The Kier molecular flexibility index (Phi) is 5.11. The number of anilines is 2. The minimum atomic E-state index is -4.76. The Bertz CT molecular complexity index is 737. The highest BCUT2D eigenvalue weighted by atomic mass is 19.4. The number of rotatable bonds is 4. The minimum absolute atomic E-state index is 0.361. The van der Waals surface area contributed by atoms with Gasteiger partial charge < -0.3 is 10.1 Å². The number of carbonyl (C=O) groups is 1. The molecule has 0 atom stereocenters. The number of nitrogens with zero attached hydrogens (tertiary/aromatic N) is 1. The van der Waals surface area contributed by atoms with Crippen molar-refractivity contribution in [2.24, 2.45) is 0 Å². The van der Waals surface area contributed by atoms with Crippen molar-refractivity contribution in [3.05, 3.63) is 54.1 Å². The molecule has 0 spiro atoms. The Morgan fingerprint density at radius 1 is 1.00 bits per heavy atom. The lowest BCUT2D eigenvalue weighted by molar-refractivity contribution is -0.274. The van der Waals surface area contributed by atoms with Gasteiger partial charge in [-0.3, -0.25) is 10.9 Å². The summed E-state index contributed by atoms with van der Waals surface area (Å²) in [7, 11) is 0. The molecule has 2 amide bonds. The number of hydrogen-bond acceptors (Lipinski definition) is 4. The van der Waals surface area contributed by atoms with Crippen LogP contribution in [-0.4, -0.2) is 12.4 Å². The maximum atomic E-state index is 12.0. The molecule has 24 heavy (non-hydrogen) atoms. The molecule has 0 aliphatic rings. The maximum absolute atomic E-state index is 12.0. The second-order valence-electron chi connectivity index (χ2n) is 4.47. The summed E-state index contributed by atoms with van der Waals surface area (Å²) in [5, 5.41) is 11.2. The van der Waals surface area contributed by atoms with E-state index >= 15 is 0 Å². The number of nitriles is 1. The first-order valence-electron chi connectivity index (χ1n) is 6.55. The Labute approximate surface area is 134 Å². The molecule has 0 aliphatic heterocycles. The number of urea groups is 1. The summed E-state index contributed by atoms with van der Waals surface area (Å²) in [5.41, 5.74) is 6.14. The molecule has 0 radical (unpaired) electrons. The lowest BCUT2D eigenvalue weighted by Crippen LogP contribution is -2.33. The molecule has 0 bridgehead atoms. The van der Waals surface area contributed by atoms with E-state index in [0.717, 1.165) is 12.1 Å². The third kappa shape index (κ3) is 5.42. The van der Waals surface area contributed by atoms with Crippen LogP contribution in [0.3, 0.4) is 0 Å². The Morgan fingerprint density at radius 3 is 2.12 bits per heavy atom. The van der Waals surface area contributed by atoms with Gasteiger partial charge in [-0.05, 0) is 48.5 Å². The van der Waals surface area contributed by atoms with E-state index in [1.807, 2.05) is 6.07 Å². The molecule has 0 unspecified atom stereocenters. The van der Waals surface area contributed by atoms with Crippen LogP contribution in [0, 0.1) is 11.3 Å². The molecule has 3 N–H and O–H groups in total. The summed E-state index contributed by atoms with van der Waals surface area (Å²) in [6.45, 7) is 0. The van der Waals surface area contributed by atoms with Gasteiger partial charge in [0.15, 0.2) is 0 Å². The molecule has 0 saturated carbocycles. The zero-order valence-corrected chi connectivity index (χ0v) is 12.0. The molecule has 2 aromatic rings. The maximum Gasteiger partial charge on any atom is 0.573 e. The molecule has 9 heteroatoms. The van der Waals surface area contributed by atoms with E-state index in [2.05, 4.69) is 20.9 Å². The van der Waals surface area contributed by atoms with Crippen molar-refractivity contribution in [2.45, 2.75) is 6.36 Å². The first kappa shape index (κ1) is 17.0. The van der Waals surface area contributed by atoms with E-state index in [1.165, 1.54) is 12.1 Å². The minimum Gasteiger partial charge on any atom is -0.406 e. The standard InChI is InChI=1S/C15H11F3N4O2/c16-15(17,18)24-13-7-5-12(6-8-13)21-22-14(23)20-11-3-1-10(9-19)2-4-11/h1-8,21H,(H2,20,22,23). The molecule has 2 rings (SSSR count). The Morgan fingerprint density at radius 2 is 1.58 bits per heavy atom. The topological polar surface area (TPSA) is 86.2 Å². The Hall–Kier alpha value is -3.41. The van der Waals surface area contributed by atoms with Gasteiger partial charge in [0.2, 0.25) is 0 Å². The van der Waals surface area contributed by atoms with E-state index in [9.17, 15) is 18.0 Å². The van der Waals surface area contributed by atoms with Crippen LogP contribution in [0.25, 0.3) is 0 Å². The molecular formula is C15H11F3N4O2. The fourth-order valence-electron chi connectivity index (χ4n) is 1.66. The third-order valence-corrected chi connectivity index (χ3v) is 2.68. The number of hydrogen-bond donors (Lipinski definition) is 3. The molecule has 6 nitrogen and oxygen atoms in total. The number of nitrogens with one attached hydrogen (secondary N) is 3. The van der Waals surface area contributed by atoms with Crippen molar-refractivity contribution in [3.63, 3.8) is 0 Å². The predicted octanol–water partition coefficient (Wildman–Crippen LogP) is 3.61. The summed E-state index contributed by atoms with van der Waals surface area (Å²) in [4.78, 5) is 11.7. The van der Waals surface area contributed by atoms with Crippen LogP contribution in [0.5, 0.6) is 5.75 Å². The fourth-order valence-corrected chi connectivity index (χ4v) is 1.66. The third-order valence-electron chi connectivity index (χ3n) is 2.68. The first-order valence-corrected chi connectivity index (χ1v) is 6.55. The van der Waals surface area contributed by atoms with Gasteiger partial charge in [0.25, 0.3) is 0 Å². The van der Waals surface area contributed by atoms with E-state index in [4.69, 9.17) is 5.26 Å². The number of alkyl halides is 3. The molecule has 0 aromatic heterocycles. The molecule has 0 aliphatic carbocycles. The van der Waals surface area contributed by atoms with Crippen LogP contribution in [-0.2, 0) is 0 Å². The highest BCUT2D eigenvalue weighted by Gasteiger charge is 2.30. The van der Waals surface area contributed by atoms with Crippen molar-refractivity contribution < 1.29 is 22.7 Å². The fraction of sp³-hybridized carbons (Fsp3) is 0.0667. The SMILES string of the molecule is N#Cc1ccc(NC(=O)NNc2ccc(OC(F)(F)F)cc2)cc1. The quantitative estimate of drug-likeness (QED) is 0.745. The highest BCUT2D eigenvalue weighted by molar-refractivity contribution is 5.90. The number of ether oxygens (including phenoxy) is 1. The smallest absolute Gasteiger partial charge is 0.406 e. The molecule has 124 valence electrons. The van der Waals surface area contributed by atoms with Gasteiger partial charge in [0.05, 0.1) is 17.3 Å². The second kappa shape index (κ2) is 7.23. The second-order valence-corrected chi connectivity index (χ2v) is 4.47. The normalized spacial score (nSPS) is 10.4. The van der Waals surface area contributed by atoms with Gasteiger partial charge in [-0.2, -0.15) is 5.26 Å². The zero-order chi connectivity index (χ0) is 17.6. The number of carbonyl (C=O) groups excluding carboxylic acids is 1. The molecule has 0 fully saturated rings. The largest absolute Gasteiger partial charge is 0.573 e. The molecular weight excluding hydrogens is 325 g/mol. The number of amides is 2. The van der Waals surface area contributed by atoms with Crippen LogP contribution < -0.4 is 20.9 Å². The van der Waals surface area contributed by atoms with Crippen molar-refractivity contribution in [1.82, 2.24) is 5.43 Å². The van der Waals surface area contributed by atoms with Crippen molar-refractivity contribution in [3.8, 4) is 11.8 Å². The van der Waals surface area contributed by atoms with Gasteiger partial charge in [0.1, 0.15) is 5.75 Å². The summed E-state index contributed by atoms with van der Waals surface area (Å²) >= 11 is 0. The van der Waals surface area contributed by atoms with Gasteiger partial charge in [-0.1, -0.05) is 0 Å². The van der Waals surface area contributed by atoms with Gasteiger partial charge in [0, 0.05) is 5.69 Å². The number of halogens is 3. The predicted molar refractivity (Wildman–Crippen MR) is 80.1 cm³/mol. The average molecular weight is 336 g/mol. The first-order chi connectivity index (χ1) is 11.4. The van der Waals surface area contributed by atoms with Gasteiger partial charge in [-0.25, -0.2) is 4.79 Å². The lowest BCUT2D eigenvalue weighted by Gasteiger charge is -2.11. The van der Waals surface area contributed by atoms with E-state index in [-0.39, 0.29) is 5.75 Å².